The number of hydrogen-bond donors (Lipinski definition) is 2. The molecule has 18 heteroatoms. The van der Waals surface area contributed by atoms with Gasteiger partial charge >= 0.3 is 23.4 Å². The van der Waals surface area contributed by atoms with Crippen LogP contribution in [0.25, 0.3) is 0 Å². The van der Waals surface area contributed by atoms with Crippen molar-refractivity contribution < 1.29 is 77.9 Å². The van der Waals surface area contributed by atoms with E-state index in [1.54, 1.807) is 30.3 Å². The van der Waals surface area contributed by atoms with Crippen LogP contribution < -0.4 is 0 Å². The quantitative estimate of drug-likeness (QED) is 0.123. The van der Waals surface area contributed by atoms with Crippen LogP contribution in [0.2, 0.25) is 0 Å². The summed E-state index contributed by atoms with van der Waals surface area (Å²) in [6, 6.07) is 8.13. The van der Waals surface area contributed by atoms with Crippen LogP contribution in [0.1, 0.15) is 25.2 Å². The average Bonchev–Trinajstić information content (AvgIpc) is 2.85. The third kappa shape index (κ3) is 9.34. The molecule has 1 aromatic carbocycles. The van der Waals surface area contributed by atoms with E-state index in [1.165, 1.54) is 0 Å². The molecule has 2 N–H and O–H groups in total. The average molecular weight is 606 g/mol. The molecule has 5 atom stereocenters. The van der Waals surface area contributed by atoms with Crippen LogP contribution >= 0.6 is 12.0 Å². The van der Waals surface area contributed by atoms with Crippen LogP contribution in [-0.2, 0) is 32.6 Å². The monoisotopic (exact) mass is 606 g/mol. The Morgan fingerprint density at radius 2 is 1.69 bits per heavy atom. The molecule has 0 radical (unpaired) electrons. The summed E-state index contributed by atoms with van der Waals surface area (Å²) in [6.07, 6.45) is -19.4. The number of hydrogen-bond acceptors (Lipinski definition) is 10. The third-order valence-electron chi connectivity index (χ3n) is 5.04. The zero-order valence-corrected chi connectivity index (χ0v) is 21.1. The van der Waals surface area contributed by atoms with Gasteiger partial charge in [0, 0.05) is 26.0 Å². The Labute approximate surface area is 221 Å². The van der Waals surface area contributed by atoms with Gasteiger partial charge in [-0.25, -0.2) is 4.74 Å². The van der Waals surface area contributed by atoms with Crippen molar-refractivity contribution in [2.45, 2.75) is 67.6 Å². The molecule has 1 aliphatic heterocycles. The zero-order valence-electron chi connectivity index (χ0n) is 20.3. The number of ether oxygens (including phenoxy) is 6. The van der Waals surface area contributed by atoms with Crippen molar-refractivity contribution in [1.29, 1.82) is 0 Å². The largest absolute Gasteiger partial charge is 0.436 e. The van der Waals surface area contributed by atoms with Gasteiger partial charge < -0.3 is 33.9 Å². The van der Waals surface area contributed by atoms with Crippen LogP contribution in [0.4, 0.5) is 35.1 Å². The highest BCUT2D eigenvalue weighted by Crippen LogP contribution is 2.50. The van der Waals surface area contributed by atoms with E-state index in [9.17, 15) is 40.2 Å². The minimum atomic E-state index is -6.13. The Kier molecular flexibility index (Phi) is 12.2. The molecule has 0 amide bonds. The second-order valence-corrected chi connectivity index (χ2v) is 8.91. The Hall–Kier alpha value is -1.35. The predicted molar refractivity (Wildman–Crippen MR) is 115 cm³/mol. The third-order valence-corrected chi connectivity index (χ3v) is 5.81. The van der Waals surface area contributed by atoms with Gasteiger partial charge in [-0.05, 0) is 0 Å². The molecule has 226 valence electrons. The maximum absolute atomic E-state index is 14.1. The van der Waals surface area contributed by atoms with E-state index in [1.807, 2.05) is 0 Å². The zero-order chi connectivity index (χ0) is 29.5. The number of aliphatic hydroxyl groups excluding tert-OH is 2. The van der Waals surface area contributed by atoms with Crippen molar-refractivity contribution in [3.8, 4) is 0 Å². The van der Waals surface area contributed by atoms with Gasteiger partial charge in [-0.15, -0.1) is 0 Å². The molecule has 2 rings (SSSR count). The first-order chi connectivity index (χ1) is 18.0. The van der Waals surface area contributed by atoms with Crippen LogP contribution in [0.15, 0.2) is 30.3 Å². The molecule has 0 saturated carbocycles. The van der Waals surface area contributed by atoms with Crippen LogP contribution in [0.3, 0.4) is 0 Å². The fraction of sp³-hybridized carbons (Fsp3) is 0.714. The maximum Gasteiger partial charge on any atom is 0.436 e. The van der Waals surface area contributed by atoms with E-state index in [0.717, 1.165) is 7.11 Å². The van der Waals surface area contributed by atoms with E-state index in [-0.39, 0.29) is 13.0 Å². The Balaban J connectivity index is 2.11. The number of alkyl halides is 8. The number of rotatable bonds is 16. The molecular weight excluding hydrogens is 580 g/mol. The van der Waals surface area contributed by atoms with Crippen LogP contribution in [0, 0.1) is 0 Å². The summed E-state index contributed by atoms with van der Waals surface area (Å²) >= 11 is -1.37. The molecule has 0 aromatic heterocycles. The summed E-state index contributed by atoms with van der Waals surface area (Å²) < 4.78 is 141. The second-order valence-electron chi connectivity index (χ2n) is 8.04. The maximum atomic E-state index is 14.1. The van der Waals surface area contributed by atoms with Crippen molar-refractivity contribution in [2.24, 2.45) is 0 Å². The standard InChI is InChI=1S/C21H26F8O9S/c1-18(22,23)19(24,25)38-20(26,27)21(28,29)39-37-15-14(35-11-33-10-30)8-13(36-17(15)32-2)9-34-16(31)12-6-4-3-5-7-12/h3-7,13-17,30-31H,8-11H2,1-2H3. The van der Waals surface area contributed by atoms with Gasteiger partial charge in [-0.2, -0.15) is 35.1 Å². The molecule has 5 unspecified atom stereocenters. The van der Waals surface area contributed by atoms with Gasteiger partial charge in [0.1, 0.15) is 19.7 Å². The van der Waals surface area contributed by atoms with Crippen LogP contribution in [0.5, 0.6) is 0 Å². The number of methoxy groups -OCH3 is 1. The minimum absolute atomic E-state index is 0.250. The fourth-order valence-corrected chi connectivity index (χ4v) is 3.60. The van der Waals surface area contributed by atoms with Crippen molar-refractivity contribution in [2.75, 3.05) is 27.3 Å². The van der Waals surface area contributed by atoms with Gasteiger partial charge in [-0.1, -0.05) is 30.3 Å². The van der Waals surface area contributed by atoms with Gasteiger partial charge in [-0.3, -0.25) is 4.18 Å². The minimum Gasteiger partial charge on any atom is -0.371 e. The lowest BCUT2D eigenvalue weighted by atomic mass is 10.0. The highest BCUT2D eigenvalue weighted by atomic mass is 32.2. The smallest absolute Gasteiger partial charge is 0.371 e. The van der Waals surface area contributed by atoms with E-state index >= 15 is 0 Å². The van der Waals surface area contributed by atoms with Gasteiger partial charge in [0.05, 0.1) is 30.9 Å². The van der Waals surface area contributed by atoms with E-state index < -0.39 is 86.8 Å². The lowest BCUT2D eigenvalue weighted by Crippen LogP contribution is -2.54. The molecular formula is C21H26F8O9S. The number of halogens is 8. The van der Waals surface area contributed by atoms with Gasteiger partial charge in [0.15, 0.2) is 12.6 Å². The van der Waals surface area contributed by atoms with Crippen molar-refractivity contribution in [3.63, 3.8) is 0 Å². The normalized spacial score (nSPS) is 24.1. The summed E-state index contributed by atoms with van der Waals surface area (Å²) in [7, 11) is 1.02. The van der Waals surface area contributed by atoms with E-state index in [0.29, 0.717) is 5.56 Å². The lowest BCUT2D eigenvalue weighted by molar-refractivity contribution is -0.452. The first-order valence-corrected chi connectivity index (χ1v) is 11.7. The van der Waals surface area contributed by atoms with Gasteiger partial charge in [0.25, 0.3) is 0 Å². The summed E-state index contributed by atoms with van der Waals surface area (Å²) in [5.41, 5.74) is 0.398. The van der Waals surface area contributed by atoms with E-state index in [2.05, 4.69) is 9.47 Å². The molecule has 1 saturated heterocycles. The summed E-state index contributed by atoms with van der Waals surface area (Å²) in [6.45, 7) is -2.26. The predicted octanol–water partition coefficient (Wildman–Crippen LogP) is 4.25. The number of benzene rings is 1. The molecule has 0 spiro atoms. The SMILES string of the molecule is COC1OC(COC(O)c2ccccc2)CC(OCOCO)C1OSC(F)(F)C(F)(F)OC(F)(F)C(C)(F)F. The molecule has 0 bridgehead atoms. The Morgan fingerprint density at radius 3 is 2.26 bits per heavy atom. The molecule has 1 fully saturated rings. The molecule has 1 heterocycles. The highest BCUT2D eigenvalue weighted by Gasteiger charge is 2.69. The topological polar surface area (TPSA) is 105 Å². The highest BCUT2D eigenvalue weighted by molar-refractivity contribution is 7.95. The summed E-state index contributed by atoms with van der Waals surface area (Å²) in [5.74, 6) is -5.22. The Morgan fingerprint density at radius 1 is 1.05 bits per heavy atom. The van der Waals surface area contributed by atoms with Crippen molar-refractivity contribution >= 4 is 12.0 Å². The first kappa shape index (κ1) is 33.9. The molecule has 1 aromatic rings. The van der Waals surface area contributed by atoms with Crippen molar-refractivity contribution in [1.82, 2.24) is 0 Å². The molecule has 9 nitrogen and oxygen atoms in total. The fourth-order valence-electron chi connectivity index (χ4n) is 3.02. The van der Waals surface area contributed by atoms with Crippen LogP contribution in [-0.4, -0.2) is 85.5 Å². The van der Waals surface area contributed by atoms with Crippen molar-refractivity contribution in [3.05, 3.63) is 35.9 Å². The number of aliphatic hydroxyl groups is 2. The van der Waals surface area contributed by atoms with E-state index in [4.69, 9.17) is 28.2 Å². The summed E-state index contributed by atoms with van der Waals surface area (Å²) in [4.78, 5) is 0. The molecule has 0 aliphatic carbocycles. The second kappa shape index (κ2) is 14.0. The molecule has 1 aliphatic rings. The van der Waals surface area contributed by atoms with Gasteiger partial charge in [0.2, 0.25) is 0 Å². The lowest BCUT2D eigenvalue weighted by Gasteiger charge is -2.40. The Bertz CT molecular complexity index is 866. The summed E-state index contributed by atoms with van der Waals surface area (Å²) in [5, 5.41) is 13.3. The molecule has 39 heavy (non-hydrogen) atoms. The first-order valence-electron chi connectivity index (χ1n) is 10.9.